The Morgan fingerprint density at radius 2 is 0.734 bits per heavy atom. The second-order valence-corrected chi connectivity index (χ2v) is 16.5. The van der Waals surface area contributed by atoms with Gasteiger partial charge in [-0.05, 0) is 127 Å². The Bertz CT molecular complexity index is 3610. The Labute approximate surface area is 373 Å². The van der Waals surface area contributed by atoms with Gasteiger partial charge < -0.3 is 9.47 Å². The third-order valence-electron chi connectivity index (χ3n) is 12.8. The van der Waals surface area contributed by atoms with Crippen LogP contribution < -0.4 is 4.90 Å². The lowest BCUT2D eigenvalue weighted by molar-refractivity contribution is 1.18. The molecule has 12 rings (SSSR count). The number of hydrogen-bond acceptors (Lipinski definition) is 1. The molecule has 11 aromatic carbocycles. The monoisotopic (exact) mass is 814 g/mol. The Morgan fingerprint density at radius 1 is 0.250 bits per heavy atom. The lowest BCUT2D eigenvalue weighted by Gasteiger charge is -2.26. The van der Waals surface area contributed by atoms with Crippen LogP contribution in [0.2, 0.25) is 0 Å². The molecule has 1 aromatic heterocycles. The van der Waals surface area contributed by atoms with E-state index >= 15 is 0 Å². The highest BCUT2D eigenvalue weighted by atomic mass is 15.1. The second kappa shape index (κ2) is 15.8. The molecule has 12 aromatic rings. The van der Waals surface area contributed by atoms with Crippen molar-refractivity contribution in [2.24, 2.45) is 0 Å². The number of anilines is 3. The highest BCUT2D eigenvalue weighted by Gasteiger charge is 2.18. The molecule has 0 saturated carbocycles. The van der Waals surface area contributed by atoms with Crippen molar-refractivity contribution in [3.63, 3.8) is 0 Å². The van der Waals surface area contributed by atoms with Crippen LogP contribution in [0, 0.1) is 0 Å². The van der Waals surface area contributed by atoms with Crippen LogP contribution in [0.1, 0.15) is 0 Å². The Balaban J connectivity index is 0.931. The summed E-state index contributed by atoms with van der Waals surface area (Å²) in [7, 11) is 0. The van der Waals surface area contributed by atoms with Crippen LogP contribution >= 0.6 is 0 Å². The van der Waals surface area contributed by atoms with Gasteiger partial charge in [-0.25, -0.2) is 0 Å². The van der Waals surface area contributed by atoms with Crippen molar-refractivity contribution in [1.82, 2.24) is 4.57 Å². The molecule has 0 N–H and O–H groups in total. The van der Waals surface area contributed by atoms with Gasteiger partial charge in [0.1, 0.15) is 0 Å². The first-order valence-corrected chi connectivity index (χ1v) is 22.0. The Kier molecular flexibility index (Phi) is 9.20. The minimum atomic E-state index is 1.09. The molecule has 0 spiro atoms. The fourth-order valence-electron chi connectivity index (χ4n) is 9.67. The van der Waals surface area contributed by atoms with E-state index in [-0.39, 0.29) is 0 Å². The molecule has 0 saturated heterocycles. The fraction of sp³-hybridized carbons (Fsp3) is 0. The SMILES string of the molecule is c1cc(-c2ccc(N(c3ccc(-c4ccc5ccccc5c4)cc3)c3cccc(-c4cccc5ccccc45)c3)cc2)cc(-c2ccccc2-n2c3ccccc3c3ccccc32)c1. The van der Waals surface area contributed by atoms with Crippen LogP contribution in [0.25, 0.3) is 93.5 Å². The Morgan fingerprint density at radius 3 is 1.45 bits per heavy atom. The summed E-state index contributed by atoms with van der Waals surface area (Å²) in [6.07, 6.45) is 0. The first-order valence-electron chi connectivity index (χ1n) is 22.0. The maximum Gasteiger partial charge on any atom is 0.0541 e. The number of fused-ring (bicyclic) bond motifs is 5. The highest BCUT2D eigenvalue weighted by molar-refractivity contribution is 6.10. The van der Waals surface area contributed by atoms with Crippen molar-refractivity contribution in [3.05, 3.63) is 255 Å². The summed E-state index contributed by atoms with van der Waals surface area (Å²) in [5.74, 6) is 0. The minimum absolute atomic E-state index is 1.09. The normalized spacial score (nSPS) is 11.4. The van der Waals surface area contributed by atoms with Crippen LogP contribution in [0.15, 0.2) is 255 Å². The van der Waals surface area contributed by atoms with Gasteiger partial charge in [0.2, 0.25) is 0 Å². The zero-order valence-corrected chi connectivity index (χ0v) is 35.1. The van der Waals surface area contributed by atoms with Crippen molar-refractivity contribution < 1.29 is 0 Å². The van der Waals surface area contributed by atoms with E-state index in [9.17, 15) is 0 Å². The minimum Gasteiger partial charge on any atom is -0.310 e. The topological polar surface area (TPSA) is 8.17 Å². The summed E-state index contributed by atoms with van der Waals surface area (Å²) in [6, 6.07) is 92.7. The molecule has 0 unspecified atom stereocenters. The summed E-state index contributed by atoms with van der Waals surface area (Å²) in [5, 5.41) is 7.50. The standard InChI is InChI=1S/C62H42N2/c1-2-16-47-40-49(31-30-43(47)14-1)45-34-38-53(39-35-45)63(54-21-12-20-51(42-54)56-26-13-17-46-15-3-4-22-55(46)56)52-36-32-44(33-37-52)48-18-11-19-50(41-48)57-23-5-8-27-60(57)64-61-28-9-6-24-58(61)59-25-7-10-29-62(59)64/h1-42H. The van der Waals surface area contributed by atoms with Crippen molar-refractivity contribution in [2.45, 2.75) is 0 Å². The zero-order valence-electron chi connectivity index (χ0n) is 35.1. The fourth-order valence-corrected chi connectivity index (χ4v) is 9.67. The molecule has 0 bridgehead atoms. The molecular formula is C62H42N2. The number of rotatable bonds is 8. The van der Waals surface area contributed by atoms with Crippen molar-refractivity contribution in [2.75, 3.05) is 4.90 Å². The molecule has 2 heteroatoms. The zero-order chi connectivity index (χ0) is 42.4. The molecule has 0 radical (unpaired) electrons. The predicted molar refractivity (Wildman–Crippen MR) is 272 cm³/mol. The van der Waals surface area contributed by atoms with E-state index in [4.69, 9.17) is 0 Å². The molecule has 0 aliphatic carbocycles. The van der Waals surface area contributed by atoms with Gasteiger partial charge in [-0.1, -0.05) is 188 Å². The van der Waals surface area contributed by atoms with Crippen LogP contribution in [0.4, 0.5) is 17.1 Å². The molecule has 0 aliphatic rings. The van der Waals surface area contributed by atoms with Crippen molar-refractivity contribution in [1.29, 1.82) is 0 Å². The van der Waals surface area contributed by atoms with E-state index in [2.05, 4.69) is 264 Å². The molecule has 2 nitrogen and oxygen atoms in total. The number of para-hydroxylation sites is 3. The quantitative estimate of drug-likeness (QED) is 0.148. The second-order valence-electron chi connectivity index (χ2n) is 16.5. The summed E-state index contributed by atoms with van der Waals surface area (Å²) < 4.78 is 2.42. The van der Waals surface area contributed by atoms with Gasteiger partial charge >= 0.3 is 0 Å². The van der Waals surface area contributed by atoms with Gasteiger partial charge in [-0.2, -0.15) is 0 Å². The van der Waals surface area contributed by atoms with Gasteiger partial charge in [0.05, 0.1) is 16.7 Å². The van der Waals surface area contributed by atoms with Crippen LogP contribution in [-0.2, 0) is 0 Å². The number of nitrogens with zero attached hydrogens (tertiary/aromatic N) is 2. The van der Waals surface area contributed by atoms with Gasteiger partial charge in [0.25, 0.3) is 0 Å². The highest BCUT2D eigenvalue weighted by Crippen LogP contribution is 2.41. The molecule has 0 atom stereocenters. The van der Waals surface area contributed by atoms with E-state index in [0.717, 1.165) is 22.6 Å². The predicted octanol–water partition coefficient (Wildman–Crippen LogP) is 17.2. The molecule has 300 valence electrons. The summed E-state index contributed by atoms with van der Waals surface area (Å²) in [4.78, 5) is 2.38. The number of benzene rings is 11. The average Bonchev–Trinajstić information content (AvgIpc) is 3.71. The number of aromatic nitrogens is 1. The summed E-state index contributed by atoms with van der Waals surface area (Å²) in [5.41, 5.74) is 16.4. The van der Waals surface area contributed by atoms with E-state index in [1.165, 1.54) is 88.0 Å². The molecular weight excluding hydrogens is 773 g/mol. The smallest absolute Gasteiger partial charge is 0.0541 e. The molecule has 64 heavy (non-hydrogen) atoms. The largest absolute Gasteiger partial charge is 0.310 e. The molecule has 0 amide bonds. The van der Waals surface area contributed by atoms with E-state index in [0.29, 0.717) is 0 Å². The van der Waals surface area contributed by atoms with Gasteiger partial charge in [0, 0.05) is 33.4 Å². The first kappa shape index (κ1) is 37.3. The van der Waals surface area contributed by atoms with E-state index < -0.39 is 0 Å². The lowest BCUT2D eigenvalue weighted by atomic mass is 9.97. The lowest BCUT2D eigenvalue weighted by Crippen LogP contribution is -2.10. The van der Waals surface area contributed by atoms with E-state index in [1.54, 1.807) is 0 Å². The van der Waals surface area contributed by atoms with Crippen LogP contribution in [-0.4, -0.2) is 4.57 Å². The van der Waals surface area contributed by atoms with Crippen molar-refractivity contribution in [3.8, 4) is 50.2 Å². The molecule has 1 heterocycles. The van der Waals surface area contributed by atoms with E-state index in [1.807, 2.05) is 0 Å². The molecule has 0 fully saturated rings. The van der Waals surface area contributed by atoms with Crippen LogP contribution in [0.5, 0.6) is 0 Å². The first-order chi connectivity index (χ1) is 31.7. The number of hydrogen-bond donors (Lipinski definition) is 0. The van der Waals surface area contributed by atoms with Gasteiger partial charge in [-0.15, -0.1) is 0 Å². The van der Waals surface area contributed by atoms with Gasteiger partial charge in [0.15, 0.2) is 0 Å². The Hall–Kier alpha value is -8.46. The summed E-state index contributed by atoms with van der Waals surface area (Å²) >= 11 is 0. The maximum absolute atomic E-state index is 2.42. The maximum atomic E-state index is 2.42. The molecule has 0 aliphatic heterocycles. The third kappa shape index (κ3) is 6.61. The third-order valence-corrected chi connectivity index (χ3v) is 12.8. The average molecular weight is 815 g/mol. The van der Waals surface area contributed by atoms with Crippen LogP contribution in [0.3, 0.4) is 0 Å². The van der Waals surface area contributed by atoms with Gasteiger partial charge in [-0.3, -0.25) is 0 Å². The van der Waals surface area contributed by atoms with Crippen molar-refractivity contribution >= 4 is 60.4 Å². The summed E-state index contributed by atoms with van der Waals surface area (Å²) in [6.45, 7) is 0.